The van der Waals surface area contributed by atoms with Crippen molar-refractivity contribution in [3.05, 3.63) is 20.3 Å². The zero-order valence-electron chi connectivity index (χ0n) is 13.5. The van der Waals surface area contributed by atoms with Gasteiger partial charge in [-0.3, -0.25) is 4.79 Å². The van der Waals surface area contributed by atoms with E-state index in [1.807, 2.05) is 13.0 Å². The first-order valence-electron chi connectivity index (χ1n) is 7.90. The van der Waals surface area contributed by atoms with Crippen molar-refractivity contribution in [2.45, 2.75) is 65.8 Å². The molecule has 0 aliphatic heterocycles. The highest BCUT2D eigenvalue weighted by Crippen LogP contribution is 2.40. The number of nitrogens with one attached hydrogen (secondary N) is 1. The lowest BCUT2D eigenvalue weighted by Gasteiger charge is -2.39. The van der Waals surface area contributed by atoms with Crippen molar-refractivity contribution in [1.29, 1.82) is 0 Å². The van der Waals surface area contributed by atoms with Crippen LogP contribution in [0.1, 0.15) is 68.1 Å². The Morgan fingerprint density at radius 2 is 2.00 bits per heavy atom. The first-order valence-corrected chi connectivity index (χ1v) is 9.51. The largest absolute Gasteiger partial charge is 0.349 e. The molecule has 0 bridgehead atoms. The minimum Gasteiger partial charge on any atom is -0.349 e. The fourth-order valence-electron chi connectivity index (χ4n) is 3.14. The minimum absolute atomic E-state index is 0.0898. The molecule has 1 saturated carbocycles. The molecule has 0 atom stereocenters. The standard InChI is InChI=1S/C17H26BrNOS/c1-5-17(3,4)12-6-8-13(9-7-12)19-16(20)14-10-11(2)15(18)21-14/h10,12-13H,5-9H2,1-4H3,(H,19,20). The second-order valence-electron chi connectivity index (χ2n) is 6.93. The Bertz CT molecular complexity index is 481. The number of aryl methyl sites for hydroxylation is 1. The lowest BCUT2D eigenvalue weighted by Crippen LogP contribution is -2.39. The molecule has 21 heavy (non-hydrogen) atoms. The molecule has 1 aliphatic carbocycles. The van der Waals surface area contributed by atoms with Gasteiger partial charge in [0.05, 0.1) is 8.66 Å². The fraction of sp³-hybridized carbons (Fsp3) is 0.706. The quantitative estimate of drug-likeness (QED) is 0.738. The summed E-state index contributed by atoms with van der Waals surface area (Å²) in [5.74, 6) is 0.890. The van der Waals surface area contributed by atoms with E-state index in [4.69, 9.17) is 0 Å². The van der Waals surface area contributed by atoms with Crippen molar-refractivity contribution in [2.75, 3.05) is 0 Å². The lowest BCUT2D eigenvalue weighted by atomic mass is 9.69. The van der Waals surface area contributed by atoms with Crippen molar-refractivity contribution in [3.63, 3.8) is 0 Å². The van der Waals surface area contributed by atoms with Gasteiger partial charge in [0.15, 0.2) is 0 Å². The molecule has 1 heterocycles. The van der Waals surface area contributed by atoms with Gasteiger partial charge in [-0.1, -0.05) is 27.2 Å². The number of thiophene rings is 1. The molecular formula is C17H26BrNOS. The van der Waals surface area contributed by atoms with Gasteiger partial charge in [0.1, 0.15) is 0 Å². The van der Waals surface area contributed by atoms with Crippen molar-refractivity contribution in [1.82, 2.24) is 5.32 Å². The van der Waals surface area contributed by atoms with E-state index >= 15 is 0 Å². The van der Waals surface area contributed by atoms with E-state index in [0.717, 1.165) is 33.0 Å². The van der Waals surface area contributed by atoms with Gasteiger partial charge < -0.3 is 5.32 Å². The number of carbonyl (C=O) groups is 1. The van der Waals surface area contributed by atoms with Crippen molar-refractivity contribution < 1.29 is 4.79 Å². The zero-order valence-corrected chi connectivity index (χ0v) is 15.9. The first-order chi connectivity index (χ1) is 9.83. The average Bonchev–Trinajstić information content (AvgIpc) is 2.79. The Labute approximate surface area is 140 Å². The van der Waals surface area contributed by atoms with E-state index in [2.05, 4.69) is 42.0 Å². The van der Waals surface area contributed by atoms with Crippen molar-refractivity contribution in [3.8, 4) is 0 Å². The maximum atomic E-state index is 12.3. The summed E-state index contributed by atoms with van der Waals surface area (Å²) in [5, 5.41) is 3.22. The SMILES string of the molecule is CCC(C)(C)C1CCC(NC(=O)c2cc(C)c(Br)s2)CC1. The van der Waals surface area contributed by atoms with E-state index in [-0.39, 0.29) is 5.91 Å². The van der Waals surface area contributed by atoms with Crippen LogP contribution < -0.4 is 5.32 Å². The summed E-state index contributed by atoms with van der Waals surface area (Å²) in [6, 6.07) is 2.32. The third-order valence-corrected chi connectivity index (χ3v) is 7.30. The highest BCUT2D eigenvalue weighted by molar-refractivity contribution is 9.11. The van der Waals surface area contributed by atoms with Gasteiger partial charge in [-0.05, 0) is 71.5 Å². The van der Waals surface area contributed by atoms with Gasteiger partial charge in [0, 0.05) is 6.04 Å². The average molecular weight is 372 g/mol. The van der Waals surface area contributed by atoms with Gasteiger partial charge >= 0.3 is 0 Å². The highest BCUT2D eigenvalue weighted by Gasteiger charge is 2.32. The first kappa shape index (κ1) is 17.0. The summed E-state index contributed by atoms with van der Waals surface area (Å²) in [7, 11) is 0. The van der Waals surface area contributed by atoms with Crippen molar-refractivity contribution in [2.24, 2.45) is 11.3 Å². The summed E-state index contributed by atoms with van der Waals surface area (Å²) >= 11 is 5.01. The Morgan fingerprint density at radius 3 is 2.48 bits per heavy atom. The molecule has 1 fully saturated rings. The van der Waals surface area contributed by atoms with E-state index < -0.39 is 0 Å². The Kier molecular flexibility index (Phi) is 5.53. The van der Waals surface area contributed by atoms with Gasteiger partial charge in [0.2, 0.25) is 0 Å². The molecule has 2 nitrogen and oxygen atoms in total. The van der Waals surface area contributed by atoms with Crippen LogP contribution in [0.5, 0.6) is 0 Å². The molecular weight excluding hydrogens is 346 g/mol. The Balaban J connectivity index is 1.87. The Hall–Kier alpha value is -0.350. The summed E-state index contributed by atoms with van der Waals surface area (Å²) in [4.78, 5) is 13.1. The second-order valence-corrected chi connectivity index (χ2v) is 9.30. The van der Waals surface area contributed by atoms with Gasteiger partial charge in [-0.25, -0.2) is 0 Å². The molecule has 1 amide bonds. The normalized spacial score (nSPS) is 23.1. The molecule has 1 aromatic heterocycles. The number of hydrogen-bond acceptors (Lipinski definition) is 2. The molecule has 0 saturated heterocycles. The number of hydrogen-bond donors (Lipinski definition) is 1. The van der Waals surface area contributed by atoms with Crippen LogP contribution in [-0.2, 0) is 0 Å². The maximum absolute atomic E-state index is 12.3. The minimum atomic E-state index is 0.0898. The topological polar surface area (TPSA) is 29.1 Å². The predicted molar refractivity (Wildman–Crippen MR) is 94.0 cm³/mol. The summed E-state index contributed by atoms with van der Waals surface area (Å²) in [6.07, 6.45) is 5.94. The van der Waals surface area contributed by atoms with Crippen LogP contribution >= 0.6 is 27.3 Å². The number of carbonyl (C=O) groups excluding carboxylic acids is 1. The van der Waals surface area contributed by atoms with Crippen molar-refractivity contribution >= 4 is 33.2 Å². The Morgan fingerprint density at radius 1 is 1.38 bits per heavy atom. The predicted octanol–water partition coefficient (Wildman–Crippen LogP) is 5.54. The van der Waals surface area contributed by atoms with Crippen LogP contribution in [0.4, 0.5) is 0 Å². The third kappa shape index (κ3) is 4.10. The van der Waals surface area contributed by atoms with Gasteiger partial charge in [0.25, 0.3) is 5.91 Å². The lowest BCUT2D eigenvalue weighted by molar-refractivity contribution is 0.0897. The van der Waals surface area contributed by atoms with Crippen LogP contribution in [0.3, 0.4) is 0 Å². The number of amides is 1. The molecule has 2 rings (SSSR count). The van der Waals surface area contributed by atoms with Crippen LogP contribution in [0.2, 0.25) is 0 Å². The van der Waals surface area contributed by atoms with E-state index in [1.54, 1.807) is 0 Å². The molecule has 0 spiro atoms. The van der Waals surface area contributed by atoms with Gasteiger partial charge in [-0.2, -0.15) is 0 Å². The van der Waals surface area contributed by atoms with Crippen LogP contribution in [-0.4, -0.2) is 11.9 Å². The van der Waals surface area contributed by atoms with Gasteiger partial charge in [-0.15, -0.1) is 11.3 Å². The van der Waals surface area contributed by atoms with Crippen LogP contribution in [0.15, 0.2) is 9.85 Å². The summed E-state index contributed by atoms with van der Waals surface area (Å²) in [5.41, 5.74) is 1.57. The van der Waals surface area contributed by atoms with E-state index in [1.165, 1.54) is 30.6 Å². The molecule has 4 heteroatoms. The maximum Gasteiger partial charge on any atom is 0.261 e. The smallest absolute Gasteiger partial charge is 0.261 e. The molecule has 118 valence electrons. The molecule has 0 unspecified atom stereocenters. The molecule has 0 aromatic carbocycles. The third-order valence-electron chi connectivity index (χ3n) is 5.16. The molecule has 1 aliphatic rings. The number of rotatable bonds is 4. The van der Waals surface area contributed by atoms with E-state index in [0.29, 0.717) is 11.5 Å². The fourth-order valence-corrected chi connectivity index (χ4v) is 4.57. The summed E-state index contributed by atoms with van der Waals surface area (Å²) < 4.78 is 1.06. The summed E-state index contributed by atoms with van der Waals surface area (Å²) in [6.45, 7) is 9.06. The van der Waals surface area contributed by atoms with Crippen LogP contribution in [0, 0.1) is 18.3 Å². The van der Waals surface area contributed by atoms with Crippen LogP contribution in [0.25, 0.3) is 0 Å². The molecule has 0 radical (unpaired) electrons. The van der Waals surface area contributed by atoms with E-state index in [9.17, 15) is 4.79 Å². The second kappa shape index (κ2) is 6.82. The highest BCUT2D eigenvalue weighted by atomic mass is 79.9. The number of halogens is 1. The molecule has 1 N–H and O–H groups in total. The zero-order chi connectivity index (χ0) is 15.6. The molecule has 1 aromatic rings. The monoisotopic (exact) mass is 371 g/mol.